The van der Waals surface area contributed by atoms with Crippen LogP contribution in [0.3, 0.4) is 0 Å². The van der Waals surface area contributed by atoms with Crippen molar-refractivity contribution in [2.75, 3.05) is 0 Å². The molecular weight excluding hydrogens is 222 g/mol. The average molecular weight is 241 g/mol. The molecule has 0 atom stereocenters. The van der Waals surface area contributed by atoms with Gasteiger partial charge in [-0.3, -0.25) is 0 Å². The lowest BCUT2D eigenvalue weighted by Crippen LogP contribution is -2.36. The summed E-state index contributed by atoms with van der Waals surface area (Å²) in [5.74, 6) is 0. The first-order chi connectivity index (χ1) is 8.67. The first-order valence-corrected chi connectivity index (χ1v) is 6.65. The Labute approximate surface area is 107 Å². The molecule has 3 rings (SSSR count). The Kier molecular flexibility index (Phi) is 2.84. The van der Waals surface area contributed by atoms with Crippen molar-refractivity contribution in [2.45, 2.75) is 37.3 Å². The van der Waals surface area contributed by atoms with Gasteiger partial charge in [-0.05, 0) is 48.1 Å². The first-order valence-electron chi connectivity index (χ1n) is 6.65. The highest BCUT2D eigenvalue weighted by Gasteiger charge is 2.33. The highest BCUT2D eigenvalue weighted by atomic mass is 16.3. The summed E-state index contributed by atoms with van der Waals surface area (Å²) >= 11 is 0. The molecule has 2 nitrogen and oxygen atoms in total. The summed E-state index contributed by atoms with van der Waals surface area (Å²) in [6.45, 7) is 0. The van der Waals surface area contributed by atoms with Gasteiger partial charge in [-0.25, -0.2) is 0 Å². The molecule has 0 aliphatic heterocycles. The Bertz CT molecular complexity index is 556. The fourth-order valence-electron chi connectivity index (χ4n) is 2.89. The second kappa shape index (κ2) is 4.38. The van der Waals surface area contributed by atoms with E-state index in [1.807, 2.05) is 12.1 Å². The molecule has 1 aliphatic rings. The molecule has 2 aromatic rings. The van der Waals surface area contributed by atoms with Gasteiger partial charge in [0.05, 0.1) is 5.60 Å². The summed E-state index contributed by atoms with van der Waals surface area (Å²) in [6.07, 6.45) is 3.35. The van der Waals surface area contributed by atoms with E-state index in [0.29, 0.717) is 0 Å². The van der Waals surface area contributed by atoms with E-state index in [9.17, 15) is 5.11 Å². The van der Waals surface area contributed by atoms with Crippen molar-refractivity contribution in [1.29, 1.82) is 0 Å². The molecule has 2 heteroatoms. The van der Waals surface area contributed by atoms with Crippen LogP contribution in [0.4, 0.5) is 0 Å². The standard InChI is InChI=1S/C16H19NO/c17-15-7-9-16(18,10-8-15)14-6-5-12-3-1-2-4-13(12)11-14/h1-6,11,15,18H,7-10,17H2. The third-order valence-corrected chi connectivity index (χ3v) is 4.14. The Morgan fingerprint density at radius 1 is 1.00 bits per heavy atom. The van der Waals surface area contributed by atoms with Gasteiger partial charge in [0.15, 0.2) is 0 Å². The quantitative estimate of drug-likeness (QED) is 0.806. The van der Waals surface area contributed by atoms with Gasteiger partial charge in [0.2, 0.25) is 0 Å². The number of aliphatic hydroxyl groups is 1. The number of nitrogens with two attached hydrogens (primary N) is 1. The van der Waals surface area contributed by atoms with Gasteiger partial charge >= 0.3 is 0 Å². The summed E-state index contributed by atoms with van der Waals surface area (Å²) in [5.41, 5.74) is 6.27. The molecule has 0 radical (unpaired) electrons. The van der Waals surface area contributed by atoms with Crippen LogP contribution in [0.15, 0.2) is 42.5 Å². The molecule has 94 valence electrons. The summed E-state index contributed by atoms with van der Waals surface area (Å²) < 4.78 is 0. The number of rotatable bonds is 1. The van der Waals surface area contributed by atoms with Crippen LogP contribution < -0.4 is 5.73 Å². The Hall–Kier alpha value is -1.38. The largest absolute Gasteiger partial charge is 0.385 e. The van der Waals surface area contributed by atoms with Crippen LogP contribution in [0.5, 0.6) is 0 Å². The van der Waals surface area contributed by atoms with Crippen molar-refractivity contribution >= 4 is 10.8 Å². The average Bonchev–Trinajstić information content (AvgIpc) is 2.42. The van der Waals surface area contributed by atoms with Gasteiger partial charge in [-0.2, -0.15) is 0 Å². The molecule has 0 spiro atoms. The van der Waals surface area contributed by atoms with Crippen LogP contribution in [0.2, 0.25) is 0 Å². The van der Waals surface area contributed by atoms with Crippen LogP contribution in [0.25, 0.3) is 10.8 Å². The number of fused-ring (bicyclic) bond motifs is 1. The van der Waals surface area contributed by atoms with E-state index >= 15 is 0 Å². The van der Waals surface area contributed by atoms with E-state index in [-0.39, 0.29) is 6.04 Å². The van der Waals surface area contributed by atoms with Crippen LogP contribution in [-0.4, -0.2) is 11.1 Å². The van der Waals surface area contributed by atoms with E-state index in [0.717, 1.165) is 31.2 Å². The summed E-state index contributed by atoms with van der Waals surface area (Å²) in [6, 6.07) is 14.8. The molecule has 0 unspecified atom stereocenters. The monoisotopic (exact) mass is 241 g/mol. The van der Waals surface area contributed by atoms with Gasteiger partial charge in [-0.15, -0.1) is 0 Å². The fourth-order valence-corrected chi connectivity index (χ4v) is 2.89. The predicted molar refractivity (Wildman–Crippen MR) is 74.3 cm³/mol. The van der Waals surface area contributed by atoms with Crippen LogP contribution in [0.1, 0.15) is 31.2 Å². The molecule has 0 amide bonds. The maximum Gasteiger partial charge on any atom is 0.0897 e. The summed E-state index contributed by atoms with van der Waals surface area (Å²) in [4.78, 5) is 0. The van der Waals surface area contributed by atoms with Crippen LogP contribution in [-0.2, 0) is 5.60 Å². The molecule has 1 saturated carbocycles. The van der Waals surface area contributed by atoms with Crippen molar-refractivity contribution < 1.29 is 5.11 Å². The minimum absolute atomic E-state index is 0.255. The third-order valence-electron chi connectivity index (χ3n) is 4.14. The molecule has 18 heavy (non-hydrogen) atoms. The number of hydrogen-bond acceptors (Lipinski definition) is 2. The molecule has 1 fully saturated rings. The predicted octanol–water partition coefficient (Wildman–Crippen LogP) is 2.93. The summed E-state index contributed by atoms with van der Waals surface area (Å²) in [5, 5.41) is 13.2. The molecule has 0 aromatic heterocycles. The molecule has 2 aromatic carbocycles. The third kappa shape index (κ3) is 2.02. The van der Waals surface area contributed by atoms with Crippen molar-refractivity contribution in [3.63, 3.8) is 0 Å². The SMILES string of the molecule is NC1CCC(O)(c2ccc3ccccc3c2)CC1. The Balaban J connectivity index is 1.98. The van der Waals surface area contributed by atoms with Crippen molar-refractivity contribution in [2.24, 2.45) is 5.73 Å². The molecule has 0 heterocycles. The Morgan fingerprint density at radius 2 is 1.67 bits per heavy atom. The fraction of sp³-hybridized carbons (Fsp3) is 0.375. The van der Waals surface area contributed by atoms with Gasteiger partial charge in [0.25, 0.3) is 0 Å². The van der Waals surface area contributed by atoms with E-state index in [1.165, 1.54) is 10.8 Å². The van der Waals surface area contributed by atoms with Crippen LogP contribution in [0, 0.1) is 0 Å². The molecule has 3 N–H and O–H groups in total. The zero-order valence-corrected chi connectivity index (χ0v) is 10.5. The second-order valence-corrected chi connectivity index (χ2v) is 5.43. The van der Waals surface area contributed by atoms with Crippen molar-refractivity contribution in [3.8, 4) is 0 Å². The minimum atomic E-state index is -0.681. The zero-order chi connectivity index (χ0) is 12.6. The van der Waals surface area contributed by atoms with E-state index < -0.39 is 5.60 Å². The lowest BCUT2D eigenvalue weighted by molar-refractivity contribution is -0.00484. The topological polar surface area (TPSA) is 46.2 Å². The molecule has 0 saturated heterocycles. The van der Waals surface area contributed by atoms with Crippen molar-refractivity contribution in [1.82, 2.24) is 0 Å². The van der Waals surface area contributed by atoms with Gasteiger partial charge < -0.3 is 10.8 Å². The Morgan fingerprint density at radius 3 is 2.39 bits per heavy atom. The summed E-state index contributed by atoms with van der Waals surface area (Å²) in [7, 11) is 0. The molecule has 0 bridgehead atoms. The van der Waals surface area contributed by atoms with E-state index in [1.54, 1.807) is 0 Å². The lowest BCUT2D eigenvalue weighted by atomic mass is 9.77. The minimum Gasteiger partial charge on any atom is -0.385 e. The maximum absolute atomic E-state index is 10.8. The maximum atomic E-state index is 10.8. The molecule has 1 aliphatic carbocycles. The van der Waals surface area contributed by atoms with Gasteiger partial charge in [-0.1, -0.05) is 36.4 Å². The zero-order valence-electron chi connectivity index (χ0n) is 10.5. The number of benzene rings is 2. The lowest BCUT2D eigenvalue weighted by Gasteiger charge is -2.35. The van der Waals surface area contributed by atoms with Crippen LogP contribution >= 0.6 is 0 Å². The highest BCUT2D eigenvalue weighted by molar-refractivity contribution is 5.83. The van der Waals surface area contributed by atoms with E-state index in [4.69, 9.17) is 5.73 Å². The van der Waals surface area contributed by atoms with E-state index in [2.05, 4.69) is 30.3 Å². The number of hydrogen-bond donors (Lipinski definition) is 2. The highest BCUT2D eigenvalue weighted by Crippen LogP contribution is 2.37. The first kappa shape index (κ1) is 11.7. The normalized spacial score (nSPS) is 28.4. The van der Waals surface area contributed by atoms with Gasteiger partial charge in [0, 0.05) is 6.04 Å². The second-order valence-electron chi connectivity index (χ2n) is 5.43. The molecular formula is C16H19NO. The van der Waals surface area contributed by atoms with Gasteiger partial charge in [0.1, 0.15) is 0 Å². The smallest absolute Gasteiger partial charge is 0.0897 e. The van der Waals surface area contributed by atoms with Crippen molar-refractivity contribution in [3.05, 3.63) is 48.0 Å².